The zero-order valence-corrected chi connectivity index (χ0v) is 15.3. The van der Waals surface area contributed by atoms with Crippen LogP contribution in [-0.4, -0.2) is 20.5 Å². The molecule has 1 N–H and O–H groups in total. The Morgan fingerprint density at radius 1 is 1.10 bits per heavy atom. The molecule has 0 amide bonds. The molecule has 4 heteroatoms. The molecule has 0 aliphatic rings. The molecule has 112 valence electrons. The van der Waals surface area contributed by atoms with E-state index in [2.05, 4.69) is 32.0 Å². The molecule has 0 aliphatic carbocycles. The topological polar surface area (TPSA) is 20.2 Å². The van der Waals surface area contributed by atoms with Crippen LogP contribution in [-0.2, 0) is 5.60 Å². The third-order valence-corrected chi connectivity index (χ3v) is 7.20. The smallest absolute Gasteiger partial charge is 0.101 e. The average Bonchev–Trinajstić information content (AvgIpc) is 2.49. The molecule has 1 nitrogen and oxygen atoms in total. The van der Waals surface area contributed by atoms with Crippen molar-refractivity contribution in [3.05, 3.63) is 64.2 Å². The molecule has 0 aromatic heterocycles. The van der Waals surface area contributed by atoms with E-state index in [0.29, 0.717) is 5.02 Å². The Morgan fingerprint density at radius 3 is 2.38 bits per heavy atom. The Balaban J connectivity index is 2.18. The Hall–Kier alpha value is -0.803. The van der Waals surface area contributed by atoms with Gasteiger partial charge >= 0.3 is 0 Å². The summed E-state index contributed by atoms with van der Waals surface area (Å²) in [5.74, 6) is 0.201. The van der Waals surface area contributed by atoms with E-state index in [1.807, 2.05) is 12.1 Å². The first-order valence-electron chi connectivity index (χ1n) is 7.06. The molecular weight excluding hydrogens is 319 g/mol. The van der Waals surface area contributed by atoms with Gasteiger partial charge in [0, 0.05) is 5.02 Å². The number of hydrogen-bond acceptors (Lipinski definition) is 1. The van der Waals surface area contributed by atoms with E-state index in [1.54, 1.807) is 12.1 Å². The first-order chi connectivity index (χ1) is 9.96. The molecule has 2 rings (SSSR count). The van der Waals surface area contributed by atoms with E-state index in [9.17, 15) is 5.11 Å². The summed E-state index contributed by atoms with van der Waals surface area (Å²) < 4.78 is 0. The molecular formula is C17H20Cl2OSi. The molecule has 1 unspecified atom stereocenters. The van der Waals surface area contributed by atoms with Crippen molar-refractivity contribution in [3.63, 3.8) is 0 Å². The lowest BCUT2D eigenvalue weighted by atomic mass is 9.98. The third kappa shape index (κ3) is 3.89. The van der Waals surface area contributed by atoms with Gasteiger partial charge in [-0.15, -0.1) is 11.6 Å². The van der Waals surface area contributed by atoms with Crippen molar-refractivity contribution < 1.29 is 5.11 Å². The fraction of sp³-hybridized carbons (Fsp3) is 0.294. The average molecular weight is 339 g/mol. The van der Waals surface area contributed by atoms with Crippen molar-refractivity contribution >= 4 is 37.9 Å². The largest absolute Gasteiger partial charge is 0.384 e. The highest BCUT2D eigenvalue weighted by molar-refractivity contribution is 6.54. The summed E-state index contributed by atoms with van der Waals surface area (Å²) in [6.45, 7) is 4.28. The van der Waals surface area contributed by atoms with Crippen LogP contribution in [0.15, 0.2) is 42.5 Å². The van der Waals surface area contributed by atoms with E-state index < -0.39 is 15.1 Å². The number of rotatable bonds is 5. The van der Waals surface area contributed by atoms with Crippen molar-refractivity contribution in [1.29, 1.82) is 0 Å². The maximum absolute atomic E-state index is 10.9. The van der Waals surface area contributed by atoms with Gasteiger partial charge in [-0.2, -0.15) is 0 Å². The molecule has 0 fully saturated rings. The van der Waals surface area contributed by atoms with E-state index in [0.717, 1.165) is 11.6 Å². The van der Waals surface area contributed by atoms with Gasteiger partial charge in [0.2, 0.25) is 0 Å². The SMILES string of the molecule is Cc1cccc([SiH2]CC(O)(CCl)c2ccc(Cl)cc2)c1C. The van der Waals surface area contributed by atoms with E-state index in [1.165, 1.54) is 16.3 Å². The minimum Gasteiger partial charge on any atom is -0.384 e. The van der Waals surface area contributed by atoms with Crippen molar-refractivity contribution in [2.75, 3.05) is 5.88 Å². The number of benzene rings is 2. The Morgan fingerprint density at radius 2 is 1.76 bits per heavy atom. The quantitative estimate of drug-likeness (QED) is 0.655. The van der Waals surface area contributed by atoms with Gasteiger partial charge in [0.05, 0.1) is 15.4 Å². The van der Waals surface area contributed by atoms with Crippen LogP contribution in [0.1, 0.15) is 16.7 Å². The van der Waals surface area contributed by atoms with Crippen molar-refractivity contribution in [1.82, 2.24) is 0 Å². The maximum Gasteiger partial charge on any atom is 0.101 e. The second-order valence-electron chi connectivity index (χ2n) is 5.53. The van der Waals surface area contributed by atoms with Crippen LogP contribution in [0, 0.1) is 13.8 Å². The Kier molecular flexibility index (Phi) is 5.50. The fourth-order valence-electron chi connectivity index (χ4n) is 2.47. The standard InChI is InChI=1S/C17H20Cl2OSi/c1-12-4-3-5-16(13(12)2)21-11-17(20,10-18)14-6-8-15(19)9-7-14/h3-9,20H,10-11,21H2,1-2H3. The molecule has 0 aliphatic heterocycles. The highest BCUT2D eigenvalue weighted by Crippen LogP contribution is 2.28. The Bertz CT molecular complexity index is 613. The van der Waals surface area contributed by atoms with Crippen LogP contribution in [0.5, 0.6) is 0 Å². The molecule has 0 saturated heterocycles. The second kappa shape index (κ2) is 6.97. The molecule has 0 spiro atoms. The van der Waals surface area contributed by atoms with Gasteiger partial charge in [0.1, 0.15) is 5.60 Å². The first-order valence-corrected chi connectivity index (χ1v) is 9.68. The molecule has 0 radical (unpaired) electrons. The van der Waals surface area contributed by atoms with Crippen LogP contribution in [0.25, 0.3) is 0 Å². The normalized spacial score (nSPS) is 14.5. The predicted octanol–water partition coefficient (Wildman–Crippen LogP) is 3.30. The lowest BCUT2D eigenvalue weighted by Gasteiger charge is -2.26. The number of aryl methyl sites for hydroxylation is 1. The number of hydrogen-bond donors (Lipinski definition) is 1. The number of alkyl halides is 1. The van der Waals surface area contributed by atoms with Gasteiger partial charge in [-0.3, -0.25) is 0 Å². The van der Waals surface area contributed by atoms with Gasteiger partial charge in [-0.25, -0.2) is 0 Å². The minimum absolute atomic E-state index is 0.201. The van der Waals surface area contributed by atoms with Crippen LogP contribution in [0.4, 0.5) is 0 Å². The van der Waals surface area contributed by atoms with Crippen LogP contribution >= 0.6 is 23.2 Å². The molecule has 0 saturated carbocycles. The van der Waals surface area contributed by atoms with Gasteiger partial charge in [0.15, 0.2) is 0 Å². The molecule has 0 heterocycles. The number of halogens is 2. The van der Waals surface area contributed by atoms with Crippen LogP contribution in [0.2, 0.25) is 11.1 Å². The fourth-order valence-corrected chi connectivity index (χ4v) is 5.22. The summed E-state index contributed by atoms with van der Waals surface area (Å²) in [5, 5.41) is 12.9. The summed E-state index contributed by atoms with van der Waals surface area (Å²) in [6.07, 6.45) is 0. The van der Waals surface area contributed by atoms with Crippen molar-refractivity contribution in [3.8, 4) is 0 Å². The third-order valence-electron chi connectivity index (χ3n) is 4.13. The Labute approximate surface area is 138 Å². The molecule has 1 atom stereocenters. The van der Waals surface area contributed by atoms with Crippen LogP contribution in [0.3, 0.4) is 0 Å². The second-order valence-corrected chi connectivity index (χ2v) is 8.00. The monoisotopic (exact) mass is 338 g/mol. The van der Waals surface area contributed by atoms with Gasteiger partial charge in [-0.1, -0.05) is 47.1 Å². The van der Waals surface area contributed by atoms with Gasteiger partial charge in [-0.05, 0) is 48.7 Å². The molecule has 21 heavy (non-hydrogen) atoms. The predicted molar refractivity (Wildman–Crippen MR) is 95.0 cm³/mol. The molecule has 2 aromatic carbocycles. The summed E-state index contributed by atoms with van der Waals surface area (Å²) in [4.78, 5) is 0. The lowest BCUT2D eigenvalue weighted by molar-refractivity contribution is 0.0826. The zero-order valence-electron chi connectivity index (χ0n) is 12.4. The minimum atomic E-state index is -0.964. The highest BCUT2D eigenvalue weighted by atomic mass is 35.5. The number of aliphatic hydroxyl groups is 1. The lowest BCUT2D eigenvalue weighted by Crippen LogP contribution is -2.33. The van der Waals surface area contributed by atoms with E-state index in [-0.39, 0.29) is 5.88 Å². The highest BCUT2D eigenvalue weighted by Gasteiger charge is 2.28. The van der Waals surface area contributed by atoms with Crippen molar-refractivity contribution in [2.45, 2.75) is 25.5 Å². The summed E-state index contributed by atoms with van der Waals surface area (Å²) in [5.41, 5.74) is 2.53. The zero-order chi connectivity index (χ0) is 15.5. The van der Waals surface area contributed by atoms with E-state index in [4.69, 9.17) is 23.2 Å². The molecule has 0 bridgehead atoms. The summed E-state index contributed by atoms with van der Waals surface area (Å²) in [7, 11) is -0.598. The summed E-state index contributed by atoms with van der Waals surface area (Å²) in [6, 6.07) is 14.4. The summed E-state index contributed by atoms with van der Waals surface area (Å²) >= 11 is 12.0. The van der Waals surface area contributed by atoms with Crippen LogP contribution < -0.4 is 5.19 Å². The first kappa shape index (κ1) is 16.6. The van der Waals surface area contributed by atoms with Gasteiger partial charge < -0.3 is 5.11 Å². The van der Waals surface area contributed by atoms with E-state index >= 15 is 0 Å². The van der Waals surface area contributed by atoms with Crippen molar-refractivity contribution in [2.24, 2.45) is 0 Å². The molecule has 2 aromatic rings. The van der Waals surface area contributed by atoms with Gasteiger partial charge in [0.25, 0.3) is 0 Å². The maximum atomic E-state index is 10.9.